The summed E-state index contributed by atoms with van der Waals surface area (Å²) >= 11 is 0. The molecule has 0 bridgehead atoms. The maximum atomic E-state index is 11.2. The van der Waals surface area contributed by atoms with Gasteiger partial charge in [0.15, 0.2) is 0 Å². The SMILES string of the molecule is CC.CC.CCCCCCCCCCCCCC(=O)OCCC.CCCCCCCCCCCCCCCOOCC.O=CCCC=O. The lowest BCUT2D eigenvalue weighted by Gasteiger charge is -2.03. The van der Waals surface area contributed by atoms with E-state index in [1.54, 1.807) is 0 Å². The number of hydrogen-bond acceptors (Lipinski definition) is 6. The third-order valence-corrected chi connectivity index (χ3v) is 7.39. The fourth-order valence-corrected chi connectivity index (χ4v) is 4.68. The topological polar surface area (TPSA) is 78.9 Å². The second-order valence-electron chi connectivity index (χ2n) is 11.9. The first-order valence-electron chi connectivity index (χ1n) is 20.9. The Balaban J connectivity index is -0.000000201. The molecule has 0 aliphatic rings. The van der Waals surface area contributed by atoms with Gasteiger partial charge in [-0.15, -0.1) is 0 Å². The van der Waals surface area contributed by atoms with Gasteiger partial charge in [0, 0.05) is 19.3 Å². The van der Waals surface area contributed by atoms with Gasteiger partial charge in [0.25, 0.3) is 0 Å². The third kappa shape index (κ3) is 70.9. The fraction of sp³-hybridized carbons (Fsp3) is 0.929. The minimum atomic E-state index is -0.0159. The quantitative estimate of drug-likeness (QED) is 0.0224. The first-order chi connectivity index (χ1) is 23.6. The molecule has 6 heteroatoms. The Morgan fingerprint density at radius 3 is 1.06 bits per heavy atom. The molecule has 48 heavy (non-hydrogen) atoms. The molecule has 0 atom stereocenters. The van der Waals surface area contributed by atoms with Gasteiger partial charge in [-0.2, -0.15) is 0 Å². The Labute approximate surface area is 301 Å². The number of ether oxygens (including phenoxy) is 1. The summed E-state index contributed by atoms with van der Waals surface area (Å²) in [6.45, 7) is 18.5. The average molecular weight is 689 g/mol. The molecule has 0 N–H and O–H groups in total. The predicted octanol–water partition coefficient (Wildman–Crippen LogP) is 13.9. The molecule has 0 unspecified atom stereocenters. The summed E-state index contributed by atoms with van der Waals surface area (Å²) in [6, 6.07) is 0. The molecule has 0 aromatic rings. The van der Waals surface area contributed by atoms with Crippen molar-refractivity contribution in [3.8, 4) is 0 Å². The second-order valence-corrected chi connectivity index (χ2v) is 11.9. The largest absolute Gasteiger partial charge is 0.466 e. The minimum Gasteiger partial charge on any atom is -0.466 e. The molecule has 0 saturated carbocycles. The highest BCUT2D eigenvalue weighted by molar-refractivity contribution is 5.69. The van der Waals surface area contributed by atoms with Crippen LogP contribution in [0.25, 0.3) is 0 Å². The van der Waals surface area contributed by atoms with E-state index in [-0.39, 0.29) is 5.97 Å². The predicted molar refractivity (Wildman–Crippen MR) is 210 cm³/mol. The zero-order valence-electron chi connectivity index (χ0n) is 34.0. The van der Waals surface area contributed by atoms with Gasteiger partial charge in [-0.25, -0.2) is 9.78 Å². The molecule has 0 radical (unpaired) electrons. The first-order valence-corrected chi connectivity index (χ1v) is 20.9. The molecule has 0 aromatic carbocycles. The molecule has 0 rings (SSSR count). The van der Waals surface area contributed by atoms with E-state index in [1.165, 1.54) is 141 Å². The molecule has 0 heterocycles. The van der Waals surface area contributed by atoms with Crippen molar-refractivity contribution in [1.82, 2.24) is 0 Å². The Bertz CT molecular complexity index is 502. The summed E-state index contributed by atoms with van der Waals surface area (Å²) in [4.78, 5) is 39.9. The van der Waals surface area contributed by atoms with Crippen molar-refractivity contribution in [2.45, 2.75) is 235 Å². The van der Waals surface area contributed by atoms with E-state index in [2.05, 4.69) is 13.8 Å². The number of unbranched alkanes of at least 4 members (excludes halogenated alkanes) is 23. The Kier molecular flexibility index (Phi) is 75.1. The number of carbonyl (C=O) groups excluding carboxylic acids is 3. The molecule has 0 amide bonds. The molecule has 6 nitrogen and oxygen atoms in total. The summed E-state index contributed by atoms with van der Waals surface area (Å²) in [5, 5.41) is 0. The molecular weight excluding hydrogens is 600 g/mol. The monoisotopic (exact) mass is 689 g/mol. The Morgan fingerprint density at radius 2 is 0.750 bits per heavy atom. The van der Waals surface area contributed by atoms with E-state index in [4.69, 9.17) is 14.5 Å². The summed E-state index contributed by atoms with van der Waals surface area (Å²) in [7, 11) is 0. The van der Waals surface area contributed by atoms with E-state index >= 15 is 0 Å². The van der Waals surface area contributed by atoms with Crippen LogP contribution in [0, 0.1) is 0 Å². The molecule has 0 aromatic heterocycles. The van der Waals surface area contributed by atoms with Gasteiger partial charge in [-0.3, -0.25) is 4.79 Å². The van der Waals surface area contributed by atoms with Gasteiger partial charge in [-0.1, -0.05) is 190 Å². The van der Waals surface area contributed by atoms with Crippen molar-refractivity contribution in [1.29, 1.82) is 0 Å². The van der Waals surface area contributed by atoms with Crippen molar-refractivity contribution < 1.29 is 28.9 Å². The van der Waals surface area contributed by atoms with Crippen LogP contribution < -0.4 is 0 Å². The van der Waals surface area contributed by atoms with Crippen LogP contribution in [-0.2, 0) is 28.9 Å². The van der Waals surface area contributed by atoms with E-state index in [9.17, 15) is 14.4 Å². The molecule has 0 aliphatic heterocycles. The van der Waals surface area contributed by atoms with Crippen LogP contribution in [0.3, 0.4) is 0 Å². The molecule has 0 saturated heterocycles. The minimum absolute atomic E-state index is 0.0159. The average Bonchev–Trinajstić information content (AvgIpc) is 3.12. The lowest BCUT2D eigenvalue weighted by atomic mass is 10.0. The molecular formula is C42H88O6. The van der Waals surface area contributed by atoms with Crippen molar-refractivity contribution >= 4 is 18.5 Å². The van der Waals surface area contributed by atoms with Gasteiger partial charge in [0.1, 0.15) is 12.6 Å². The van der Waals surface area contributed by atoms with Gasteiger partial charge in [-0.05, 0) is 26.2 Å². The van der Waals surface area contributed by atoms with Gasteiger partial charge in [0.2, 0.25) is 0 Å². The van der Waals surface area contributed by atoms with Crippen molar-refractivity contribution in [3.05, 3.63) is 0 Å². The van der Waals surface area contributed by atoms with Gasteiger partial charge >= 0.3 is 5.97 Å². The molecule has 0 spiro atoms. The van der Waals surface area contributed by atoms with E-state index in [0.717, 1.165) is 38.4 Å². The third-order valence-electron chi connectivity index (χ3n) is 7.39. The van der Waals surface area contributed by atoms with E-state index < -0.39 is 0 Å². The highest BCUT2D eigenvalue weighted by Crippen LogP contribution is 2.13. The summed E-state index contributed by atoms with van der Waals surface area (Å²) in [5.41, 5.74) is 0. The standard InChI is InChI=1S/C17H36O2.C17H34O2.C4H6O2.2C2H6/c1-3-5-6-7-8-9-10-11-12-13-14-15-16-17-19-18-4-2;1-3-5-6-7-8-9-10-11-12-13-14-15-17(18)19-16-4-2;5-3-1-2-4-6;2*1-2/h3-17H2,1-2H3;3-16H2,1-2H3;3-4H,1-2H2;2*1-2H3. The molecule has 0 fully saturated rings. The van der Waals surface area contributed by atoms with Gasteiger partial charge < -0.3 is 14.3 Å². The van der Waals surface area contributed by atoms with Crippen LogP contribution in [-0.4, -0.2) is 38.4 Å². The number of aldehydes is 2. The van der Waals surface area contributed by atoms with Crippen molar-refractivity contribution in [2.75, 3.05) is 19.8 Å². The lowest BCUT2D eigenvalue weighted by molar-refractivity contribution is -0.291. The summed E-state index contributed by atoms with van der Waals surface area (Å²) in [5.74, 6) is -0.0159. The zero-order valence-corrected chi connectivity index (χ0v) is 34.0. The molecule has 292 valence electrons. The maximum Gasteiger partial charge on any atom is 0.305 e. The smallest absolute Gasteiger partial charge is 0.305 e. The van der Waals surface area contributed by atoms with Crippen LogP contribution in [0.2, 0.25) is 0 Å². The van der Waals surface area contributed by atoms with Crippen LogP contribution in [0.1, 0.15) is 235 Å². The lowest BCUT2D eigenvalue weighted by Crippen LogP contribution is -2.04. The van der Waals surface area contributed by atoms with E-state index in [1.807, 2.05) is 41.5 Å². The number of rotatable bonds is 33. The van der Waals surface area contributed by atoms with E-state index in [0.29, 0.717) is 32.5 Å². The molecule has 0 aliphatic carbocycles. The van der Waals surface area contributed by atoms with Crippen molar-refractivity contribution in [2.24, 2.45) is 0 Å². The first kappa shape index (κ1) is 56.1. The summed E-state index contributed by atoms with van der Waals surface area (Å²) < 4.78 is 5.04. The van der Waals surface area contributed by atoms with Gasteiger partial charge in [0.05, 0.1) is 19.8 Å². The van der Waals surface area contributed by atoms with Crippen LogP contribution in [0.5, 0.6) is 0 Å². The number of esters is 1. The Hall–Kier alpha value is -1.27. The number of hydrogen-bond donors (Lipinski definition) is 0. The summed E-state index contributed by atoms with van der Waals surface area (Å²) in [6.07, 6.45) is 36.3. The van der Waals surface area contributed by atoms with Crippen LogP contribution in [0.4, 0.5) is 0 Å². The normalized spacial score (nSPS) is 9.75. The van der Waals surface area contributed by atoms with Crippen LogP contribution >= 0.6 is 0 Å². The van der Waals surface area contributed by atoms with Crippen molar-refractivity contribution in [3.63, 3.8) is 0 Å². The zero-order chi connectivity index (χ0) is 37.0. The fourth-order valence-electron chi connectivity index (χ4n) is 4.68. The van der Waals surface area contributed by atoms with Crippen LogP contribution in [0.15, 0.2) is 0 Å². The highest BCUT2D eigenvalue weighted by atomic mass is 17.2. The maximum absolute atomic E-state index is 11.2. The Morgan fingerprint density at radius 1 is 0.417 bits per heavy atom. The highest BCUT2D eigenvalue weighted by Gasteiger charge is 2.01. The second kappa shape index (κ2) is 64.3. The number of carbonyl (C=O) groups is 3.